The summed E-state index contributed by atoms with van der Waals surface area (Å²) >= 11 is 0. The zero-order chi connectivity index (χ0) is 9.56. The first kappa shape index (κ1) is 16.6. The molecule has 0 rings (SSSR count). The zero-order valence-corrected chi connectivity index (χ0v) is 11.9. The molecular formula is C5H13NaO5PSi+. The summed E-state index contributed by atoms with van der Waals surface area (Å²) in [5.41, 5.74) is -0.113. The maximum absolute atomic E-state index is 9.90. The predicted molar refractivity (Wildman–Crippen MR) is 43.8 cm³/mol. The van der Waals surface area contributed by atoms with E-state index < -0.39 is 17.5 Å². The largest absolute Gasteiger partial charge is 1.00 e. The third-order valence-electron chi connectivity index (χ3n) is 1.51. The first-order valence-electron chi connectivity index (χ1n) is 3.67. The Labute approximate surface area is 102 Å². The van der Waals surface area contributed by atoms with Crippen molar-refractivity contribution < 1.29 is 53.1 Å². The predicted octanol–water partition coefficient (Wildman–Crippen LogP) is -3.60. The van der Waals surface area contributed by atoms with Crippen molar-refractivity contribution in [1.29, 1.82) is 0 Å². The average Bonchev–Trinajstić information content (AvgIpc) is 1.97. The maximum atomic E-state index is 9.90. The number of hydrogen-bond donors (Lipinski definition) is 2. The van der Waals surface area contributed by atoms with Crippen LogP contribution in [0.5, 0.6) is 0 Å². The van der Waals surface area contributed by atoms with Crippen LogP contribution in [0.4, 0.5) is 0 Å². The van der Waals surface area contributed by atoms with Gasteiger partial charge in [-0.2, -0.15) is 0 Å². The van der Waals surface area contributed by atoms with Crippen LogP contribution in [0.2, 0.25) is 5.54 Å². The molecule has 0 radical (unpaired) electrons. The average molecular weight is 235 g/mol. The summed E-state index contributed by atoms with van der Waals surface area (Å²) in [6.07, 6.45) is 1.13. The van der Waals surface area contributed by atoms with Crippen molar-refractivity contribution >= 4 is 17.5 Å². The van der Waals surface area contributed by atoms with Crippen LogP contribution in [-0.4, -0.2) is 25.5 Å². The van der Waals surface area contributed by atoms with Gasteiger partial charge in [-0.25, -0.2) is 0 Å². The molecule has 0 aliphatic carbocycles. The molecule has 0 bridgehead atoms. The third kappa shape index (κ3) is 11.1. The van der Waals surface area contributed by atoms with Crippen molar-refractivity contribution in [2.75, 3.05) is 6.61 Å². The first-order valence-corrected chi connectivity index (χ1v) is 6.47. The molecule has 0 fully saturated rings. The zero-order valence-electron chi connectivity index (χ0n) is 7.84. The van der Waals surface area contributed by atoms with E-state index in [1.807, 2.05) is 0 Å². The van der Waals surface area contributed by atoms with Gasteiger partial charge in [0.05, 0.1) is 0 Å². The molecule has 72 valence electrons. The van der Waals surface area contributed by atoms with Gasteiger partial charge in [-0.15, -0.1) is 4.52 Å². The number of hydrogen-bond acceptors (Lipinski definition) is 5. The minimum Gasteiger partial charge on any atom is -0.566 e. The molecule has 0 heterocycles. The van der Waals surface area contributed by atoms with E-state index in [9.17, 15) is 9.46 Å². The van der Waals surface area contributed by atoms with Gasteiger partial charge in [0.15, 0.2) is 0 Å². The molecule has 2 unspecified atom stereocenters. The molecule has 0 aliphatic heterocycles. The molecule has 8 heteroatoms. The van der Waals surface area contributed by atoms with E-state index in [2.05, 4.69) is 4.52 Å². The molecule has 0 aromatic carbocycles. The Morgan fingerprint density at radius 3 is 2.54 bits per heavy atom. The summed E-state index contributed by atoms with van der Waals surface area (Å²) < 4.78 is 14.2. The van der Waals surface area contributed by atoms with E-state index >= 15 is 0 Å². The van der Waals surface area contributed by atoms with Crippen LogP contribution >= 0.6 is 8.25 Å². The molecule has 0 amide bonds. The molecule has 0 aliphatic rings. The molecule has 5 nitrogen and oxygen atoms in total. The monoisotopic (exact) mass is 235 g/mol. The molecule has 2 atom stereocenters. The Morgan fingerprint density at radius 2 is 2.15 bits per heavy atom. The van der Waals surface area contributed by atoms with Crippen LogP contribution < -0.4 is 34.5 Å². The Bertz CT molecular complexity index is 147. The van der Waals surface area contributed by atoms with Gasteiger partial charge in [0.1, 0.15) is 6.61 Å². The standard InChI is InChI=1S/C5H13O5PSi.Na/c1-5(12(8)9)3-2-4-10-11(6)7;/h5,8-9,12H,2-4H2,1H3;/q;+1. The van der Waals surface area contributed by atoms with Crippen molar-refractivity contribution in [1.82, 2.24) is 0 Å². The van der Waals surface area contributed by atoms with Crippen LogP contribution in [-0.2, 0) is 9.09 Å². The van der Waals surface area contributed by atoms with Gasteiger partial charge in [0.2, 0.25) is 0 Å². The van der Waals surface area contributed by atoms with Crippen LogP contribution in [0.25, 0.3) is 0 Å². The summed E-state index contributed by atoms with van der Waals surface area (Å²) in [6.45, 7) is 1.86. The van der Waals surface area contributed by atoms with Gasteiger partial charge in [0, 0.05) is 0 Å². The molecule has 13 heavy (non-hydrogen) atoms. The van der Waals surface area contributed by atoms with E-state index in [4.69, 9.17) is 9.59 Å². The second kappa shape index (κ2) is 9.70. The van der Waals surface area contributed by atoms with Crippen molar-refractivity contribution in [3.63, 3.8) is 0 Å². The SMILES string of the molecule is CC(CCCO[P+](=O)[O-])[SiH](O)O.[Na+]. The van der Waals surface area contributed by atoms with Crippen LogP contribution in [0.15, 0.2) is 0 Å². The van der Waals surface area contributed by atoms with E-state index in [1.165, 1.54) is 0 Å². The van der Waals surface area contributed by atoms with Crippen molar-refractivity contribution in [2.45, 2.75) is 25.3 Å². The first-order chi connectivity index (χ1) is 5.54. The van der Waals surface area contributed by atoms with Gasteiger partial charge in [-0.3, -0.25) is 0 Å². The Kier molecular flexibility index (Phi) is 12.4. The van der Waals surface area contributed by atoms with E-state index in [0.29, 0.717) is 12.8 Å². The van der Waals surface area contributed by atoms with Gasteiger partial charge in [-0.05, 0) is 22.9 Å². The molecule has 0 saturated carbocycles. The minimum absolute atomic E-state index is 0. The van der Waals surface area contributed by atoms with Gasteiger partial charge >= 0.3 is 47.1 Å². The normalized spacial score (nSPS) is 13.8. The van der Waals surface area contributed by atoms with E-state index in [-0.39, 0.29) is 41.7 Å². The second-order valence-electron chi connectivity index (χ2n) is 2.59. The molecule has 0 saturated heterocycles. The fourth-order valence-corrected chi connectivity index (χ4v) is 1.51. The third-order valence-corrected chi connectivity index (χ3v) is 3.25. The second-order valence-corrected chi connectivity index (χ2v) is 5.26. The van der Waals surface area contributed by atoms with Crippen molar-refractivity contribution in [3.8, 4) is 0 Å². The maximum Gasteiger partial charge on any atom is 1.00 e. The summed E-state index contributed by atoms with van der Waals surface area (Å²) in [4.78, 5) is 27.4. The van der Waals surface area contributed by atoms with Crippen LogP contribution in [0, 0.1) is 0 Å². The fourth-order valence-electron chi connectivity index (χ4n) is 0.693. The molecule has 0 aromatic rings. The fraction of sp³-hybridized carbons (Fsp3) is 1.00. The van der Waals surface area contributed by atoms with Gasteiger partial charge in [-0.1, -0.05) is 6.92 Å². The van der Waals surface area contributed by atoms with Crippen LogP contribution in [0.1, 0.15) is 19.8 Å². The van der Waals surface area contributed by atoms with E-state index in [0.717, 1.165) is 0 Å². The Hall–Kier alpha value is 1.16. The summed E-state index contributed by atoms with van der Waals surface area (Å²) in [5.74, 6) is 0. The van der Waals surface area contributed by atoms with Crippen molar-refractivity contribution in [2.24, 2.45) is 0 Å². The summed E-state index contributed by atoms with van der Waals surface area (Å²) in [5, 5.41) is 0. The Balaban J connectivity index is 0. The summed E-state index contributed by atoms with van der Waals surface area (Å²) in [7, 11) is -5.30. The smallest absolute Gasteiger partial charge is 0.566 e. The molecular weight excluding hydrogens is 222 g/mol. The van der Waals surface area contributed by atoms with Crippen LogP contribution in [0.3, 0.4) is 0 Å². The molecule has 2 N–H and O–H groups in total. The molecule has 0 spiro atoms. The van der Waals surface area contributed by atoms with Crippen molar-refractivity contribution in [3.05, 3.63) is 0 Å². The molecule has 0 aromatic heterocycles. The van der Waals surface area contributed by atoms with Gasteiger partial charge in [0.25, 0.3) is 0 Å². The number of rotatable bonds is 6. The van der Waals surface area contributed by atoms with Gasteiger partial charge < -0.3 is 14.5 Å². The minimum atomic E-state index is -2.76. The topological polar surface area (TPSA) is 89.8 Å². The summed E-state index contributed by atoms with van der Waals surface area (Å²) in [6, 6.07) is 0. The quantitative estimate of drug-likeness (QED) is 0.282. The van der Waals surface area contributed by atoms with E-state index in [1.54, 1.807) is 6.92 Å². The Morgan fingerprint density at radius 1 is 1.62 bits per heavy atom.